The third-order valence-corrected chi connectivity index (χ3v) is 1.17. The van der Waals surface area contributed by atoms with E-state index in [0.29, 0.717) is 0 Å². The van der Waals surface area contributed by atoms with E-state index in [9.17, 15) is 4.79 Å². The van der Waals surface area contributed by atoms with Crippen molar-refractivity contribution in [2.75, 3.05) is 0 Å². The Bertz CT molecular complexity index is 309. The molecular weight excluding hydrogens is 172 g/mol. The van der Waals surface area contributed by atoms with Gasteiger partial charge in [0.1, 0.15) is 6.26 Å². The minimum Gasteiger partial charge on any atom is -0.478 e. The second-order valence-corrected chi connectivity index (χ2v) is 2.08. The fourth-order valence-electron chi connectivity index (χ4n) is 0.601. The minimum absolute atomic E-state index is 0.185. The van der Waals surface area contributed by atoms with Crippen LogP contribution in [0.1, 0.15) is 10.4 Å². The number of aromatic nitrogens is 2. The van der Waals surface area contributed by atoms with E-state index < -0.39 is 5.97 Å². The summed E-state index contributed by atoms with van der Waals surface area (Å²) < 4.78 is 4.49. The molecule has 5 nitrogen and oxygen atoms in total. The van der Waals surface area contributed by atoms with Crippen LogP contribution >= 0.6 is 0 Å². The third kappa shape index (κ3) is 3.24. The number of carbonyl (C=O) groups is 1. The Morgan fingerprint density at radius 3 is 2.69 bits per heavy atom. The van der Waals surface area contributed by atoms with E-state index in [-0.39, 0.29) is 5.56 Å². The lowest BCUT2D eigenvalue weighted by Gasteiger charge is -1.77. The molecule has 0 bridgehead atoms. The first-order valence-corrected chi connectivity index (χ1v) is 3.49. The summed E-state index contributed by atoms with van der Waals surface area (Å²) in [7, 11) is 0. The van der Waals surface area contributed by atoms with Gasteiger partial charge in [-0.2, -0.15) is 0 Å². The molecule has 2 aromatic rings. The number of furan rings is 1. The van der Waals surface area contributed by atoms with Crippen LogP contribution in [0.5, 0.6) is 0 Å². The lowest BCUT2D eigenvalue weighted by molar-refractivity contribution is 0.0696. The highest BCUT2D eigenvalue weighted by atomic mass is 16.4. The summed E-state index contributed by atoms with van der Waals surface area (Å²) in [5.41, 5.74) is 0.185. The highest BCUT2D eigenvalue weighted by Gasteiger charge is 2.00. The molecule has 0 radical (unpaired) electrons. The first-order chi connectivity index (χ1) is 6.30. The quantitative estimate of drug-likeness (QED) is 0.694. The van der Waals surface area contributed by atoms with E-state index >= 15 is 0 Å². The van der Waals surface area contributed by atoms with Crippen LogP contribution < -0.4 is 0 Å². The number of H-pyrrole nitrogens is 1. The first-order valence-electron chi connectivity index (χ1n) is 3.49. The number of nitrogens with zero attached hydrogens (tertiary/aromatic N) is 1. The molecule has 0 aliphatic rings. The molecule has 5 heteroatoms. The van der Waals surface area contributed by atoms with Gasteiger partial charge in [0.15, 0.2) is 0 Å². The highest BCUT2D eigenvalue weighted by Crippen LogP contribution is 1.97. The first kappa shape index (κ1) is 9.05. The zero-order valence-corrected chi connectivity index (χ0v) is 6.68. The van der Waals surface area contributed by atoms with Gasteiger partial charge < -0.3 is 14.5 Å². The molecule has 2 N–H and O–H groups in total. The van der Waals surface area contributed by atoms with Gasteiger partial charge in [-0.3, -0.25) is 0 Å². The van der Waals surface area contributed by atoms with Crippen molar-refractivity contribution in [2.24, 2.45) is 0 Å². The van der Waals surface area contributed by atoms with Crippen LogP contribution in [0.25, 0.3) is 0 Å². The fourth-order valence-corrected chi connectivity index (χ4v) is 0.601. The maximum atomic E-state index is 10.0. The zero-order valence-electron chi connectivity index (χ0n) is 6.68. The van der Waals surface area contributed by atoms with Gasteiger partial charge in [-0.1, -0.05) is 0 Å². The van der Waals surface area contributed by atoms with Crippen molar-refractivity contribution >= 4 is 5.97 Å². The number of imidazole rings is 1. The summed E-state index contributed by atoms with van der Waals surface area (Å²) >= 11 is 0. The van der Waals surface area contributed by atoms with Crippen LogP contribution in [0.4, 0.5) is 0 Å². The Labute approximate surface area is 74.0 Å². The Hall–Kier alpha value is -2.04. The second-order valence-electron chi connectivity index (χ2n) is 2.08. The number of hydrogen-bond acceptors (Lipinski definition) is 3. The van der Waals surface area contributed by atoms with Crippen molar-refractivity contribution in [3.8, 4) is 0 Å². The molecule has 0 amide bonds. The molecule has 0 aliphatic heterocycles. The van der Waals surface area contributed by atoms with Gasteiger partial charge in [0, 0.05) is 12.4 Å². The Morgan fingerprint density at radius 2 is 2.46 bits per heavy atom. The van der Waals surface area contributed by atoms with E-state index in [0.717, 1.165) is 0 Å². The normalized spacial score (nSPS) is 8.62. The van der Waals surface area contributed by atoms with Crippen molar-refractivity contribution in [1.29, 1.82) is 0 Å². The molecule has 0 saturated carbocycles. The molecule has 2 heterocycles. The minimum atomic E-state index is -0.959. The monoisotopic (exact) mass is 180 g/mol. The van der Waals surface area contributed by atoms with Gasteiger partial charge in [0.05, 0.1) is 18.2 Å². The molecule has 0 saturated heterocycles. The molecular formula is C8H8N2O3. The molecule has 68 valence electrons. The van der Waals surface area contributed by atoms with Gasteiger partial charge >= 0.3 is 5.97 Å². The number of rotatable bonds is 1. The maximum absolute atomic E-state index is 10.0. The molecule has 0 fully saturated rings. The van der Waals surface area contributed by atoms with Crippen LogP contribution in [0.2, 0.25) is 0 Å². The van der Waals surface area contributed by atoms with Crippen LogP contribution in [-0.4, -0.2) is 21.0 Å². The molecule has 0 aromatic carbocycles. The topological polar surface area (TPSA) is 79.1 Å². The molecule has 0 unspecified atom stereocenters. The number of aromatic amines is 1. The summed E-state index contributed by atoms with van der Waals surface area (Å²) in [5, 5.41) is 8.21. The lowest BCUT2D eigenvalue weighted by Crippen LogP contribution is -1.90. The number of carboxylic acid groups (broad SMARTS) is 1. The van der Waals surface area contributed by atoms with Gasteiger partial charge in [0.2, 0.25) is 0 Å². The standard InChI is InChI=1S/C5H4O3.C3H4N2/c6-5(7)4-1-2-8-3-4;1-2-5-3-4-1/h1-3H,(H,6,7);1-3H,(H,4,5). The maximum Gasteiger partial charge on any atom is 0.338 e. The van der Waals surface area contributed by atoms with E-state index in [1.807, 2.05) is 0 Å². The largest absolute Gasteiger partial charge is 0.478 e. The predicted octanol–water partition coefficient (Wildman–Crippen LogP) is 1.39. The van der Waals surface area contributed by atoms with E-state index in [2.05, 4.69) is 14.4 Å². The second kappa shape index (κ2) is 4.76. The number of hydrogen-bond donors (Lipinski definition) is 2. The van der Waals surface area contributed by atoms with E-state index in [4.69, 9.17) is 5.11 Å². The highest BCUT2D eigenvalue weighted by molar-refractivity contribution is 5.86. The Morgan fingerprint density at radius 1 is 1.62 bits per heavy atom. The Balaban J connectivity index is 0.000000145. The van der Waals surface area contributed by atoms with Gasteiger partial charge in [-0.05, 0) is 6.07 Å². The summed E-state index contributed by atoms with van der Waals surface area (Å²) in [6.45, 7) is 0. The summed E-state index contributed by atoms with van der Waals surface area (Å²) in [4.78, 5) is 16.4. The Kier molecular flexibility index (Phi) is 3.31. The molecule has 13 heavy (non-hydrogen) atoms. The van der Waals surface area contributed by atoms with E-state index in [1.54, 1.807) is 18.7 Å². The zero-order chi connectivity index (χ0) is 9.52. The average molecular weight is 180 g/mol. The molecule has 2 aromatic heterocycles. The van der Waals surface area contributed by atoms with Crippen molar-refractivity contribution in [3.63, 3.8) is 0 Å². The van der Waals surface area contributed by atoms with Crippen LogP contribution in [0, 0.1) is 0 Å². The van der Waals surface area contributed by atoms with Crippen LogP contribution in [0.3, 0.4) is 0 Å². The van der Waals surface area contributed by atoms with Crippen molar-refractivity contribution in [3.05, 3.63) is 42.9 Å². The van der Waals surface area contributed by atoms with Crippen LogP contribution in [-0.2, 0) is 0 Å². The number of nitrogens with one attached hydrogen (secondary N) is 1. The number of carboxylic acids is 1. The van der Waals surface area contributed by atoms with Crippen molar-refractivity contribution in [2.45, 2.75) is 0 Å². The smallest absolute Gasteiger partial charge is 0.338 e. The van der Waals surface area contributed by atoms with Crippen LogP contribution in [0.15, 0.2) is 41.7 Å². The lowest BCUT2D eigenvalue weighted by atomic mass is 10.4. The average Bonchev–Trinajstić information content (AvgIpc) is 2.82. The number of aromatic carboxylic acids is 1. The van der Waals surface area contributed by atoms with Crippen molar-refractivity contribution in [1.82, 2.24) is 9.97 Å². The SMILES string of the molecule is O=C(O)c1ccoc1.c1c[nH]cn1. The van der Waals surface area contributed by atoms with Crippen molar-refractivity contribution < 1.29 is 14.3 Å². The third-order valence-electron chi connectivity index (χ3n) is 1.17. The summed E-state index contributed by atoms with van der Waals surface area (Å²) in [6, 6.07) is 1.39. The predicted molar refractivity (Wildman–Crippen MR) is 44.3 cm³/mol. The summed E-state index contributed by atoms with van der Waals surface area (Å²) in [5.74, 6) is -0.959. The summed E-state index contributed by atoms with van der Waals surface area (Å²) in [6.07, 6.45) is 7.59. The van der Waals surface area contributed by atoms with Gasteiger partial charge in [-0.15, -0.1) is 0 Å². The molecule has 0 aliphatic carbocycles. The molecule has 2 rings (SSSR count). The fraction of sp³-hybridized carbons (Fsp3) is 0. The molecule has 0 atom stereocenters. The van der Waals surface area contributed by atoms with E-state index in [1.165, 1.54) is 18.6 Å². The van der Waals surface area contributed by atoms with Gasteiger partial charge in [-0.25, -0.2) is 9.78 Å². The molecule has 0 spiro atoms. The van der Waals surface area contributed by atoms with Gasteiger partial charge in [0.25, 0.3) is 0 Å².